The monoisotopic (exact) mass is 223 g/mol. The molecule has 56 valence electrons. The zero-order valence-corrected chi connectivity index (χ0v) is 12.0. The Morgan fingerprint density at radius 1 is 1.45 bits per heavy atom. The van der Waals surface area contributed by atoms with Crippen LogP contribution in [0.25, 0.3) is 0 Å². The summed E-state index contributed by atoms with van der Waals surface area (Å²) in [6.07, 6.45) is 5.81. The van der Waals surface area contributed by atoms with Crippen LogP contribution in [0.2, 0.25) is 0 Å². The van der Waals surface area contributed by atoms with Gasteiger partial charge in [-0.2, -0.15) is 0 Å². The Hall–Kier alpha value is 1.15. The van der Waals surface area contributed by atoms with E-state index >= 15 is 0 Å². The van der Waals surface area contributed by atoms with Gasteiger partial charge in [-0.3, -0.25) is 0 Å². The molecule has 0 spiro atoms. The predicted molar refractivity (Wildman–Crippen MR) is 43.9 cm³/mol. The van der Waals surface area contributed by atoms with E-state index in [0.717, 1.165) is 5.88 Å². The number of ether oxygens (including phenoxy) is 1. The maximum atomic E-state index is 5.66. The number of hydrogen-bond donors (Lipinski definition) is 0. The van der Waals surface area contributed by atoms with Gasteiger partial charge in [-0.25, -0.2) is 0 Å². The fraction of sp³-hybridized carbons (Fsp3) is 0.750. The average Bonchev–Trinajstić information content (AvgIpc) is 2.30. The molecule has 1 saturated carbocycles. The van der Waals surface area contributed by atoms with E-state index in [1.165, 1.54) is 25.7 Å². The first-order valence-corrected chi connectivity index (χ1v) is 6.57. The van der Waals surface area contributed by atoms with Crippen molar-refractivity contribution in [2.24, 2.45) is 0 Å². The van der Waals surface area contributed by atoms with Crippen LogP contribution in [0.4, 0.5) is 0 Å². The summed E-state index contributed by atoms with van der Waals surface area (Å²) >= 11 is 0.544. The first-order valence-electron chi connectivity index (χ1n) is 4.37. The van der Waals surface area contributed by atoms with Gasteiger partial charge in [-0.05, 0) is 0 Å². The molecule has 0 aromatic heterocycles. The number of fused-ring (bicyclic) bond motifs is 1. The van der Waals surface area contributed by atoms with Gasteiger partial charge in [0.15, 0.2) is 0 Å². The first kappa shape index (κ1) is 8.73. The zero-order valence-electron chi connectivity index (χ0n) is 7.05. The van der Waals surface area contributed by atoms with Crippen molar-refractivity contribution in [2.75, 3.05) is 0 Å². The Bertz CT molecular complexity index is 183. The Kier molecular flexibility index (Phi) is 2.77. The van der Waals surface area contributed by atoms with E-state index in [9.17, 15) is 0 Å². The summed E-state index contributed by atoms with van der Waals surface area (Å²) < 4.78 is 8.06. The van der Waals surface area contributed by atoms with Gasteiger partial charge in [0.2, 0.25) is 0 Å². The molecular weight excluding hydrogens is 212 g/mol. The SMILES string of the molecule is C=C1OC2CCCCC2[N]1[Rb]. The van der Waals surface area contributed by atoms with E-state index in [1.807, 2.05) is 0 Å². The molecule has 0 N–H and O–H groups in total. The predicted octanol–water partition coefficient (Wildman–Crippen LogP) is 1.18. The first-order chi connectivity index (χ1) is 5.29. The van der Waals surface area contributed by atoms with Crippen LogP contribution >= 0.6 is 0 Å². The van der Waals surface area contributed by atoms with Gasteiger partial charge >= 0.3 is 110 Å². The molecular formula is C8H12NORb. The van der Waals surface area contributed by atoms with Crippen molar-refractivity contribution in [2.45, 2.75) is 37.8 Å². The molecule has 1 saturated heterocycles. The van der Waals surface area contributed by atoms with E-state index in [4.69, 9.17) is 4.74 Å². The minimum atomic E-state index is 0.498. The molecule has 0 amide bonds. The van der Waals surface area contributed by atoms with Gasteiger partial charge in [-0.15, -0.1) is 0 Å². The standard InChI is InChI=1S/C8H12NO.Rb/c1-6-9-7-4-2-3-5-8(7)10-6;/h7-8H,1-5H2;/q-1;+1. The fourth-order valence-electron chi connectivity index (χ4n) is 2.10. The van der Waals surface area contributed by atoms with Gasteiger partial charge in [0.1, 0.15) is 0 Å². The molecule has 3 heteroatoms. The second-order valence-electron chi connectivity index (χ2n) is 3.51. The van der Waals surface area contributed by atoms with Crippen LogP contribution in [-0.4, -0.2) is 66.8 Å². The van der Waals surface area contributed by atoms with Crippen molar-refractivity contribution < 1.29 is 4.74 Å². The van der Waals surface area contributed by atoms with Crippen LogP contribution in [0.5, 0.6) is 0 Å². The summed E-state index contributed by atoms with van der Waals surface area (Å²) in [5, 5.41) is 0. The molecule has 2 unspecified atom stereocenters. The second-order valence-corrected chi connectivity index (χ2v) is 5.88. The molecule has 0 aromatic carbocycles. The third-order valence-corrected chi connectivity index (χ3v) is 5.70. The van der Waals surface area contributed by atoms with E-state index < -0.39 is 0 Å². The Labute approximate surface area is 108 Å². The van der Waals surface area contributed by atoms with E-state index in [2.05, 4.69) is 5.22 Å². The van der Waals surface area contributed by atoms with Crippen molar-refractivity contribution in [1.29, 1.82) is 0 Å². The van der Waals surface area contributed by atoms with Crippen molar-refractivity contribution in [1.82, 2.24) is -1.36 Å². The summed E-state index contributed by atoms with van der Waals surface area (Å²) in [5.41, 5.74) is 0. The van der Waals surface area contributed by atoms with Crippen molar-refractivity contribution >= 4 is 56.0 Å². The molecule has 0 radical (unpaired) electrons. The Morgan fingerprint density at radius 2 is 2.18 bits per heavy atom. The summed E-state index contributed by atoms with van der Waals surface area (Å²) in [4.78, 5) is 0. The molecule has 0 aromatic rings. The number of hydrogen-bond acceptors (Lipinski definition) is 2. The molecule has 2 rings (SSSR count). The molecule has 1 aliphatic carbocycles. The average molecular weight is 224 g/mol. The van der Waals surface area contributed by atoms with Crippen molar-refractivity contribution in [3.63, 3.8) is 0 Å². The van der Waals surface area contributed by atoms with Crippen LogP contribution in [0.1, 0.15) is 25.7 Å². The summed E-state index contributed by atoms with van der Waals surface area (Å²) in [5.74, 6) is 0.956. The minimum absolute atomic E-state index is 0.498. The molecule has 2 atom stereocenters. The van der Waals surface area contributed by atoms with Gasteiger partial charge in [0.25, 0.3) is 0 Å². The molecule has 2 fully saturated rings. The zero-order chi connectivity index (χ0) is 7.84. The van der Waals surface area contributed by atoms with Gasteiger partial charge in [-0.1, -0.05) is 0 Å². The molecule has 11 heavy (non-hydrogen) atoms. The maximum absolute atomic E-state index is 5.66. The molecule has 0 bridgehead atoms. The fourth-order valence-corrected chi connectivity index (χ4v) is 3.81. The molecule has 1 aliphatic heterocycles. The van der Waals surface area contributed by atoms with Crippen molar-refractivity contribution in [3.8, 4) is 0 Å². The van der Waals surface area contributed by atoms with Crippen LogP contribution in [0.15, 0.2) is 12.5 Å². The quantitative estimate of drug-likeness (QED) is 0.612. The van der Waals surface area contributed by atoms with Gasteiger partial charge in [0.05, 0.1) is 0 Å². The third-order valence-electron chi connectivity index (χ3n) is 2.85. The van der Waals surface area contributed by atoms with Crippen LogP contribution in [0, 0.1) is 0 Å². The number of rotatable bonds is 0. The molecule has 1 heterocycles. The summed E-state index contributed by atoms with van der Waals surface area (Å²) in [6, 6.07) is 0.715. The second kappa shape index (κ2) is 3.48. The van der Waals surface area contributed by atoms with E-state index in [1.54, 1.807) is 0 Å². The topological polar surface area (TPSA) is 12.5 Å². The summed E-state index contributed by atoms with van der Waals surface area (Å²) in [6.45, 7) is 3.92. The summed E-state index contributed by atoms with van der Waals surface area (Å²) in [7, 11) is 0. The Morgan fingerprint density at radius 3 is 2.91 bits per heavy atom. The normalized spacial score (nSPS) is 36.9. The number of nitrogens with zero attached hydrogens (tertiary/aromatic N) is 1. The molecule has 2 nitrogen and oxygen atoms in total. The van der Waals surface area contributed by atoms with Crippen LogP contribution in [-0.2, 0) is 4.74 Å². The van der Waals surface area contributed by atoms with E-state index in [-0.39, 0.29) is 0 Å². The Balaban J connectivity index is 2.11. The van der Waals surface area contributed by atoms with Gasteiger partial charge < -0.3 is 0 Å². The van der Waals surface area contributed by atoms with Crippen LogP contribution < -0.4 is 0 Å². The van der Waals surface area contributed by atoms with Gasteiger partial charge in [0, 0.05) is 0 Å². The van der Waals surface area contributed by atoms with E-state index in [0.29, 0.717) is 68.2 Å². The third kappa shape index (κ3) is 1.60. The molecule has 2 aliphatic rings. The van der Waals surface area contributed by atoms with Crippen LogP contribution in [0.3, 0.4) is 0 Å². The van der Waals surface area contributed by atoms with Crippen molar-refractivity contribution in [3.05, 3.63) is 12.5 Å².